The third-order valence-corrected chi connectivity index (χ3v) is 4.25. The Balaban J connectivity index is 2.81. The molecule has 1 rings (SSSR count). The molecule has 0 amide bonds. The minimum atomic E-state index is -3.30. The second kappa shape index (κ2) is 4.93. The van der Waals surface area contributed by atoms with Crippen molar-refractivity contribution >= 4 is 10.0 Å². The number of rotatable bonds is 4. The molecule has 0 heterocycles. The van der Waals surface area contributed by atoms with Crippen LogP contribution < -0.4 is 4.72 Å². The van der Waals surface area contributed by atoms with Gasteiger partial charge in [0.2, 0.25) is 10.0 Å². The van der Waals surface area contributed by atoms with Crippen LogP contribution in [-0.4, -0.2) is 13.7 Å². The monoisotopic (exact) mass is 245 g/mol. The van der Waals surface area contributed by atoms with E-state index in [2.05, 4.69) is 4.72 Å². The van der Waals surface area contributed by atoms with Crippen molar-refractivity contribution in [1.82, 2.24) is 4.72 Å². The molecule has 0 saturated carbocycles. The first kappa shape index (κ1) is 13.1. The second-order valence-electron chi connectivity index (χ2n) is 3.98. The number of halogens is 1. The van der Waals surface area contributed by atoms with Crippen molar-refractivity contribution in [3.05, 3.63) is 35.6 Å². The van der Waals surface area contributed by atoms with Gasteiger partial charge in [-0.2, -0.15) is 0 Å². The third kappa shape index (κ3) is 3.28. The quantitative estimate of drug-likeness (QED) is 0.884. The average Bonchev–Trinajstić information content (AvgIpc) is 2.17. The summed E-state index contributed by atoms with van der Waals surface area (Å²) in [5.74, 6) is -0.331. The summed E-state index contributed by atoms with van der Waals surface area (Å²) in [5.41, 5.74) is 0.741. The number of nitrogens with one attached hydrogen (secondary N) is 1. The molecule has 0 bridgehead atoms. The van der Waals surface area contributed by atoms with Gasteiger partial charge >= 0.3 is 0 Å². The van der Waals surface area contributed by atoms with Crippen LogP contribution in [0.25, 0.3) is 0 Å². The van der Waals surface area contributed by atoms with Crippen molar-refractivity contribution in [2.45, 2.75) is 32.1 Å². The molecule has 1 aromatic rings. The zero-order valence-electron chi connectivity index (χ0n) is 9.57. The molecule has 0 spiro atoms. The summed E-state index contributed by atoms with van der Waals surface area (Å²) in [4.78, 5) is 0. The Kier molecular flexibility index (Phi) is 4.04. The fourth-order valence-corrected chi connectivity index (χ4v) is 2.10. The summed E-state index contributed by atoms with van der Waals surface area (Å²) in [6, 6.07) is 5.42. The molecule has 1 atom stereocenters. The Labute approximate surface area is 95.7 Å². The van der Waals surface area contributed by atoms with E-state index < -0.39 is 15.3 Å². The maximum atomic E-state index is 12.7. The molecule has 0 aliphatic heterocycles. The van der Waals surface area contributed by atoms with Gasteiger partial charge in [0, 0.05) is 6.04 Å². The van der Waals surface area contributed by atoms with Crippen molar-refractivity contribution in [2.24, 2.45) is 0 Å². The summed E-state index contributed by atoms with van der Waals surface area (Å²) < 4.78 is 38.4. The summed E-state index contributed by atoms with van der Waals surface area (Å²) in [6.45, 7) is 4.95. The van der Waals surface area contributed by atoms with Crippen molar-refractivity contribution in [3.63, 3.8) is 0 Å². The van der Waals surface area contributed by atoms with E-state index in [0.29, 0.717) is 0 Å². The lowest BCUT2D eigenvalue weighted by molar-refractivity contribution is 0.557. The van der Waals surface area contributed by atoms with Crippen LogP contribution in [0.3, 0.4) is 0 Å². The van der Waals surface area contributed by atoms with Crippen LogP contribution in [0.15, 0.2) is 24.3 Å². The highest BCUT2D eigenvalue weighted by Gasteiger charge is 2.19. The number of hydrogen-bond acceptors (Lipinski definition) is 2. The lowest BCUT2D eigenvalue weighted by Gasteiger charge is -2.16. The molecule has 0 fully saturated rings. The van der Waals surface area contributed by atoms with E-state index in [4.69, 9.17) is 0 Å². The minimum Gasteiger partial charge on any atom is -0.212 e. The first-order chi connectivity index (χ1) is 7.33. The average molecular weight is 245 g/mol. The van der Waals surface area contributed by atoms with Gasteiger partial charge < -0.3 is 0 Å². The van der Waals surface area contributed by atoms with Crippen molar-refractivity contribution in [1.29, 1.82) is 0 Å². The van der Waals surface area contributed by atoms with Crippen LogP contribution in [0.5, 0.6) is 0 Å². The predicted octanol–water partition coefficient (Wildman–Crippen LogP) is 2.21. The Hall–Kier alpha value is -0.940. The van der Waals surface area contributed by atoms with Gasteiger partial charge in [-0.1, -0.05) is 12.1 Å². The maximum Gasteiger partial charge on any atom is 0.214 e. The SMILES string of the molecule is CC(NS(=O)(=O)C(C)C)c1ccc(F)cc1. The van der Waals surface area contributed by atoms with Gasteiger partial charge in [0.15, 0.2) is 0 Å². The maximum absolute atomic E-state index is 12.7. The zero-order chi connectivity index (χ0) is 12.3. The third-order valence-electron chi connectivity index (χ3n) is 2.33. The van der Waals surface area contributed by atoms with Crippen molar-refractivity contribution in [3.8, 4) is 0 Å². The van der Waals surface area contributed by atoms with Crippen LogP contribution in [0.2, 0.25) is 0 Å². The molecule has 1 aromatic carbocycles. The van der Waals surface area contributed by atoms with Crippen LogP contribution >= 0.6 is 0 Å². The van der Waals surface area contributed by atoms with E-state index in [-0.39, 0.29) is 11.9 Å². The second-order valence-corrected chi connectivity index (χ2v) is 6.25. The molecule has 0 aromatic heterocycles. The van der Waals surface area contributed by atoms with E-state index in [1.807, 2.05) is 0 Å². The normalized spacial score (nSPS) is 14.1. The molecule has 16 heavy (non-hydrogen) atoms. The molecule has 90 valence electrons. The molecule has 3 nitrogen and oxygen atoms in total. The molecule has 1 unspecified atom stereocenters. The zero-order valence-corrected chi connectivity index (χ0v) is 10.4. The first-order valence-electron chi connectivity index (χ1n) is 5.09. The lowest BCUT2D eigenvalue weighted by Crippen LogP contribution is -2.32. The van der Waals surface area contributed by atoms with Gasteiger partial charge in [-0.3, -0.25) is 0 Å². The molecule has 0 aliphatic rings. The van der Waals surface area contributed by atoms with Crippen molar-refractivity contribution < 1.29 is 12.8 Å². The fourth-order valence-electron chi connectivity index (χ4n) is 1.20. The molecular weight excluding hydrogens is 229 g/mol. The standard InChI is InChI=1S/C11H16FNO2S/c1-8(2)16(14,15)13-9(3)10-4-6-11(12)7-5-10/h4-9,13H,1-3H3. The largest absolute Gasteiger partial charge is 0.214 e. The van der Waals surface area contributed by atoms with E-state index >= 15 is 0 Å². The van der Waals surface area contributed by atoms with Gasteiger partial charge in [0.05, 0.1) is 5.25 Å². The van der Waals surface area contributed by atoms with Gasteiger partial charge in [-0.15, -0.1) is 0 Å². The van der Waals surface area contributed by atoms with Crippen LogP contribution in [0.1, 0.15) is 32.4 Å². The smallest absolute Gasteiger partial charge is 0.212 e. The fraction of sp³-hybridized carbons (Fsp3) is 0.455. The highest BCUT2D eigenvalue weighted by Crippen LogP contribution is 2.14. The molecular formula is C11H16FNO2S. The van der Waals surface area contributed by atoms with Gasteiger partial charge in [-0.25, -0.2) is 17.5 Å². The number of hydrogen-bond donors (Lipinski definition) is 1. The topological polar surface area (TPSA) is 46.2 Å². The van der Waals surface area contributed by atoms with Crippen molar-refractivity contribution in [2.75, 3.05) is 0 Å². The molecule has 0 aliphatic carbocycles. The predicted molar refractivity (Wildman–Crippen MR) is 62.0 cm³/mol. The Bertz CT molecular complexity index is 440. The Morgan fingerprint density at radius 3 is 2.06 bits per heavy atom. The van der Waals surface area contributed by atoms with Crippen LogP contribution in [-0.2, 0) is 10.0 Å². The van der Waals surface area contributed by atoms with E-state index in [0.717, 1.165) is 5.56 Å². The highest BCUT2D eigenvalue weighted by molar-refractivity contribution is 7.90. The van der Waals surface area contributed by atoms with E-state index in [1.54, 1.807) is 32.9 Å². The summed E-state index contributed by atoms with van der Waals surface area (Å²) in [5, 5.41) is -0.476. The van der Waals surface area contributed by atoms with Gasteiger partial charge in [-0.05, 0) is 38.5 Å². The van der Waals surface area contributed by atoms with E-state index in [1.165, 1.54) is 12.1 Å². The molecule has 0 radical (unpaired) electrons. The van der Waals surface area contributed by atoms with Gasteiger partial charge in [0.25, 0.3) is 0 Å². The highest BCUT2D eigenvalue weighted by atomic mass is 32.2. The van der Waals surface area contributed by atoms with E-state index in [9.17, 15) is 12.8 Å². The van der Waals surface area contributed by atoms with Gasteiger partial charge in [0.1, 0.15) is 5.82 Å². The minimum absolute atomic E-state index is 0.331. The summed E-state index contributed by atoms with van der Waals surface area (Å²) >= 11 is 0. The number of sulfonamides is 1. The number of benzene rings is 1. The lowest BCUT2D eigenvalue weighted by atomic mass is 10.1. The van der Waals surface area contributed by atoms with Crippen LogP contribution in [0.4, 0.5) is 4.39 Å². The molecule has 5 heteroatoms. The molecule has 0 saturated heterocycles. The summed E-state index contributed by atoms with van der Waals surface area (Å²) in [6.07, 6.45) is 0. The summed E-state index contributed by atoms with van der Waals surface area (Å²) in [7, 11) is -3.30. The first-order valence-corrected chi connectivity index (χ1v) is 6.64. The Morgan fingerprint density at radius 1 is 1.12 bits per heavy atom. The molecule has 1 N–H and O–H groups in total. The Morgan fingerprint density at radius 2 is 1.62 bits per heavy atom. The van der Waals surface area contributed by atoms with Crippen LogP contribution in [0, 0.1) is 5.82 Å².